The first-order chi connectivity index (χ1) is 5.55. The van der Waals surface area contributed by atoms with Gasteiger partial charge in [0.1, 0.15) is 11.6 Å². The van der Waals surface area contributed by atoms with Gasteiger partial charge in [-0.25, -0.2) is 4.39 Å². The van der Waals surface area contributed by atoms with Crippen LogP contribution in [0.4, 0.5) is 8.28 Å². The van der Waals surface area contributed by atoms with E-state index in [1.165, 1.54) is 18.2 Å². The van der Waals surface area contributed by atoms with Gasteiger partial charge in [0, 0.05) is 5.56 Å². The zero-order valence-corrected chi connectivity index (χ0v) is 6.81. The molecule has 12 heavy (non-hydrogen) atoms. The molecule has 0 fully saturated rings. The van der Waals surface area contributed by atoms with Crippen molar-refractivity contribution in [1.82, 2.24) is 0 Å². The maximum atomic E-state index is 12.4. The Morgan fingerprint density at radius 3 is 2.25 bits per heavy atom. The Balaban J connectivity index is 3.33. The van der Waals surface area contributed by atoms with Gasteiger partial charge >= 0.3 is 10.2 Å². The Hall–Kier alpha value is -0.970. The third-order valence-corrected chi connectivity index (χ3v) is 2.30. The van der Waals surface area contributed by atoms with E-state index >= 15 is 0 Å². The molecule has 0 radical (unpaired) electrons. The summed E-state index contributed by atoms with van der Waals surface area (Å²) in [6.45, 7) is -0.987. The molecule has 0 saturated heterocycles. The topological polar surface area (TPSA) is 34.1 Å². The van der Waals surface area contributed by atoms with Crippen molar-refractivity contribution in [3.63, 3.8) is 0 Å². The average Bonchev–Trinajstić information content (AvgIpc) is 2.03. The van der Waals surface area contributed by atoms with Crippen LogP contribution in [0.15, 0.2) is 29.2 Å². The van der Waals surface area contributed by atoms with Crippen molar-refractivity contribution in [2.45, 2.75) is 11.6 Å². The van der Waals surface area contributed by atoms with E-state index in [2.05, 4.69) is 0 Å². The van der Waals surface area contributed by atoms with Crippen molar-refractivity contribution in [3.05, 3.63) is 29.8 Å². The highest BCUT2D eigenvalue weighted by Gasteiger charge is 2.15. The van der Waals surface area contributed by atoms with Crippen LogP contribution in [0.5, 0.6) is 0 Å². The van der Waals surface area contributed by atoms with Gasteiger partial charge in [-0.2, -0.15) is 8.42 Å². The van der Waals surface area contributed by atoms with E-state index in [9.17, 15) is 16.7 Å². The van der Waals surface area contributed by atoms with Gasteiger partial charge in [-0.3, -0.25) is 0 Å². The fourth-order valence-corrected chi connectivity index (χ4v) is 1.53. The fraction of sp³-hybridized carbons (Fsp3) is 0.143. The van der Waals surface area contributed by atoms with Crippen LogP contribution >= 0.6 is 0 Å². The Morgan fingerprint density at radius 2 is 1.83 bits per heavy atom. The number of alkyl halides is 1. The van der Waals surface area contributed by atoms with Gasteiger partial charge in [-0.15, -0.1) is 3.89 Å². The lowest BCUT2D eigenvalue weighted by molar-refractivity contribution is 0.475. The lowest BCUT2D eigenvalue weighted by Gasteiger charge is -1.99. The van der Waals surface area contributed by atoms with Crippen molar-refractivity contribution in [2.24, 2.45) is 0 Å². The molecule has 0 atom stereocenters. The van der Waals surface area contributed by atoms with Crippen LogP contribution in [0.3, 0.4) is 0 Å². The van der Waals surface area contributed by atoms with Crippen LogP contribution < -0.4 is 0 Å². The lowest BCUT2D eigenvalue weighted by atomic mass is 10.2. The van der Waals surface area contributed by atoms with Gasteiger partial charge in [-0.1, -0.05) is 18.2 Å². The molecule has 0 aromatic heterocycles. The molecule has 0 aliphatic heterocycles. The minimum absolute atomic E-state index is 0.153. The molecule has 0 spiro atoms. The monoisotopic (exact) mass is 192 g/mol. The highest BCUT2D eigenvalue weighted by atomic mass is 32.3. The summed E-state index contributed by atoms with van der Waals surface area (Å²) >= 11 is 0. The lowest BCUT2D eigenvalue weighted by Crippen LogP contribution is -1.96. The second-order valence-corrected chi connectivity index (χ2v) is 3.49. The van der Waals surface area contributed by atoms with Crippen molar-refractivity contribution in [2.75, 3.05) is 0 Å². The maximum Gasteiger partial charge on any atom is 0.332 e. The number of benzene rings is 1. The zero-order valence-electron chi connectivity index (χ0n) is 6.00. The van der Waals surface area contributed by atoms with Crippen LogP contribution in [0.25, 0.3) is 0 Å². The van der Waals surface area contributed by atoms with Crippen molar-refractivity contribution in [1.29, 1.82) is 0 Å². The van der Waals surface area contributed by atoms with Gasteiger partial charge < -0.3 is 0 Å². The summed E-state index contributed by atoms with van der Waals surface area (Å²) in [6, 6.07) is 5.05. The van der Waals surface area contributed by atoms with Crippen LogP contribution in [-0.2, 0) is 16.9 Å². The zero-order chi connectivity index (χ0) is 9.19. The third-order valence-electron chi connectivity index (χ3n) is 1.38. The molecule has 0 amide bonds. The van der Waals surface area contributed by atoms with Gasteiger partial charge in [0.2, 0.25) is 0 Å². The first kappa shape index (κ1) is 9.12. The molecule has 0 unspecified atom stereocenters. The predicted molar refractivity (Wildman–Crippen MR) is 39.5 cm³/mol. The van der Waals surface area contributed by atoms with Crippen molar-refractivity contribution >= 4 is 10.2 Å². The number of rotatable bonds is 2. The summed E-state index contributed by atoms with van der Waals surface area (Å²) in [5, 5.41) is 0. The SMILES string of the molecule is O=S(=O)(F)c1ccccc1CF. The molecular weight excluding hydrogens is 186 g/mol. The molecular formula is C7H6F2O2S. The largest absolute Gasteiger partial charge is 0.332 e. The first-order valence-corrected chi connectivity index (χ1v) is 4.52. The van der Waals surface area contributed by atoms with Crippen molar-refractivity contribution in [3.8, 4) is 0 Å². The third kappa shape index (κ3) is 1.79. The molecule has 5 heteroatoms. The summed E-state index contributed by atoms with van der Waals surface area (Å²) in [5.41, 5.74) is -0.153. The standard InChI is InChI=1S/C7H6F2O2S/c8-5-6-3-1-2-4-7(6)12(9,10)11/h1-4H,5H2. The van der Waals surface area contributed by atoms with Gasteiger partial charge in [0.25, 0.3) is 0 Å². The van der Waals surface area contributed by atoms with Crippen molar-refractivity contribution < 1.29 is 16.7 Å². The summed E-state index contributed by atoms with van der Waals surface area (Å²) < 4.78 is 45.2. The summed E-state index contributed by atoms with van der Waals surface area (Å²) in [5.74, 6) is 0. The Kier molecular flexibility index (Phi) is 2.42. The highest BCUT2D eigenvalue weighted by Crippen LogP contribution is 2.18. The molecule has 0 bridgehead atoms. The van der Waals surface area contributed by atoms with Crippen LogP contribution in [-0.4, -0.2) is 8.42 Å². The number of hydrogen-bond acceptors (Lipinski definition) is 2. The van der Waals surface area contributed by atoms with E-state index in [0.717, 1.165) is 6.07 Å². The second kappa shape index (κ2) is 3.18. The van der Waals surface area contributed by atoms with E-state index in [4.69, 9.17) is 0 Å². The number of halogens is 2. The highest BCUT2D eigenvalue weighted by molar-refractivity contribution is 7.86. The Bertz CT molecular complexity index is 373. The van der Waals surface area contributed by atoms with Gasteiger partial charge in [0.15, 0.2) is 0 Å². The van der Waals surface area contributed by atoms with E-state index < -0.39 is 21.8 Å². The molecule has 1 rings (SSSR count). The minimum Gasteiger partial charge on any atom is -0.246 e. The smallest absolute Gasteiger partial charge is 0.246 e. The van der Waals surface area contributed by atoms with E-state index in [0.29, 0.717) is 0 Å². The average molecular weight is 192 g/mol. The van der Waals surface area contributed by atoms with E-state index in [1.807, 2.05) is 0 Å². The van der Waals surface area contributed by atoms with E-state index in [-0.39, 0.29) is 5.56 Å². The fourth-order valence-electron chi connectivity index (χ4n) is 0.852. The normalized spacial score (nSPS) is 11.5. The molecule has 0 heterocycles. The molecule has 0 N–H and O–H groups in total. The molecule has 66 valence electrons. The number of hydrogen-bond donors (Lipinski definition) is 0. The summed E-state index contributed by atoms with van der Waals surface area (Å²) in [7, 11) is -4.79. The Labute approximate surface area is 69.0 Å². The molecule has 0 saturated carbocycles. The Morgan fingerprint density at radius 1 is 1.25 bits per heavy atom. The molecule has 1 aromatic carbocycles. The van der Waals surface area contributed by atoms with E-state index in [1.54, 1.807) is 0 Å². The minimum atomic E-state index is -4.79. The molecule has 1 aromatic rings. The van der Waals surface area contributed by atoms with Crippen LogP contribution in [0.2, 0.25) is 0 Å². The summed E-state index contributed by atoms with van der Waals surface area (Å²) in [4.78, 5) is -0.590. The quantitative estimate of drug-likeness (QED) is 0.670. The first-order valence-electron chi connectivity index (χ1n) is 3.14. The second-order valence-electron chi connectivity index (χ2n) is 2.18. The van der Waals surface area contributed by atoms with Crippen LogP contribution in [0, 0.1) is 0 Å². The molecule has 0 aliphatic carbocycles. The predicted octanol–water partition coefficient (Wildman–Crippen LogP) is 1.81. The molecule has 0 aliphatic rings. The van der Waals surface area contributed by atoms with Gasteiger partial charge in [0.05, 0.1) is 0 Å². The molecule has 2 nitrogen and oxygen atoms in total. The summed E-state index contributed by atoms with van der Waals surface area (Å²) in [6.07, 6.45) is 0. The maximum absolute atomic E-state index is 12.4. The van der Waals surface area contributed by atoms with Gasteiger partial charge in [-0.05, 0) is 6.07 Å². The van der Waals surface area contributed by atoms with Crippen LogP contribution in [0.1, 0.15) is 5.56 Å².